The molecule has 0 N–H and O–H groups in total. The zero-order chi connectivity index (χ0) is 14.1. The van der Waals surface area contributed by atoms with Gasteiger partial charge in [0.15, 0.2) is 5.69 Å². The average Bonchev–Trinajstić information content (AvgIpc) is 2.25. The molecule has 0 bridgehead atoms. The van der Waals surface area contributed by atoms with Gasteiger partial charge in [0.2, 0.25) is 0 Å². The highest BCUT2D eigenvalue weighted by Gasteiger charge is 2.40. The van der Waals surface area contributed by atoms with Gasteiger partial charge in [0, 0.05) is 6.20 Å². The molecular weight excluding hydrogens is 265 g/mol. The van der Waals surface area contributed by atoms with Crippen molar-refractivity contribution in [3.05, 3.63) is 33.1 Å². The summed E-state index contributed by atoms with van der Waals surface area (Å²) < 4.78 is 62.0. The van der Waals surface area contributed by atoms with E-state index in [9.17, 15) is 32.1 Å². The number of nitriles is 1. The Morgan fingerprint density at radius 3 is 2.33 bits per heavy atom. The van der Waals surface area contributed by atoms with Gasteiger partial charge in [-0.1, -0.05) is 0 Å². The van der Waals surface area contributed by atoms with Gasteiger partial charge in [0.25, 0.3) is 6.43 Å². The number of aromatic nitrogens is 1. The summed E-state index contributed by atoms with van der Waals surface area (Å²) in [5.41, 5.74) is -6.29. The van der Waals surface area contributed by atoms with Gasteiger partial charge in [-0.3, -0.25) is 10.1 Å². The third-order valence-electron chi connectivity index (χ3n) is 1.89. The molecule has 1 rings (SSSR count). The van der Waals surface area contributed by atoms with Crippen molar-refractivity contribution in [3.63, 3.8) is 0 Å². The zero-order valence-corrected chi connectivity index (χ0v) is 8.20. The van der Waals surface area contributed by atoms with E-state index < -0.39 is 40.0 Å². The lowest BCUT2D eigenvalue weighted by Crippen LogP contribution is -2.13. The SMILES string of the molecule is N#Cc1c(C(F)(F)F)cnc(C(F)F)c1[N+](=O)[O-]. The maximum Gasteiger partial charge on any atom is 0.419 e. The van der Waals surface area contributed by atoms with Crippen LogP contribution in [0.2, 0.25) is 0 Å². The molecule has 0 fully saturated rings. The van der Waals surface area contributed by atoms with Crippen molar-refractivity contribution in [1.29, 1.82) is 5.26 Å². The van der Waals surface area contributed by atoms with Crippen LogP contribution in [0.3, 0.4) is 0 Å². The smallest absolute Gasteiger partial charge is 0.258 e. The van der Waals surface area contributed by atoms with Crippen molar-refractivity contribution < 1.29 is 26.9 Å². The van der Waals surface area contributed by atoms with Crippen molar-refractivity contribution in [2.24, 2.45) is 0 Å². The van der Waals surface area contributed by atoms with Crippen LogP contribution in [0, 0.1) is 21.4 Å². The van der Waals surface area contributed by atoms with Crippen LogP contribution in [-0.4, -0.2) is 9.91 Å². The second-order valence-electron chi connectivity index (χ2n) is 2.95. The van der Waals surface area contributed by atoms with E-state index in [1.165, 1.54) is 0 Å². The first-order chi connectivity index (χ1) is 8.20. The maximum absolute atomic E-state index is 12.4. The lowest BCUT2D eigenvalue weighted by atomic mass is 10.1. The van der Waals surface area contributed by atoms with Crippen LogP contribution in [0.4, 0.5) is 27.6 Å². The Labute approximate surface area is 95.6 Å². The average molecular weight is 267 g/mol. The zero-order valence-electron chi connectivity index (χ0n) is 8.20. The van der Waals surface area contributed by atoms with Gasteiger partial charge in [0.05, 0.1) is 10.5 Å². The van der Waals surface area contributed by atoms with Crippen molar-refractivity contribution in [1.82, 2.24) is 4.98 Å². The standard InChI is InChI=1S/C8H2F5N3O2/c9-7(10)5-6(16(17)18)3(1-14)4(2-15-5)8(11,12)13/h2,7H. The highest BCUT2D eigenvalue weighted by molar-refractivity contribution is 5.56. The molecule has 96 valence electrons. The molecule has 0 spiro atoms. The Bertz CT molecular complexity index is 535. The minimum Gasteiger partial charge on any atom is -0.258 e. The van der Waals surface area contributed by atoms with Gasteiger partial charge >= 0.3 is 11.9 Å². The summed E-state index contributed by atoms with van der Waals surface area (Å²) >= 11 is 0. The minimum atomic E-state index is -5.09. The summed E-state index contributed by atoms with van der Waals surface area (Å²) in [5, 5.41) is 19.0. The molecule has 1 aromatic rings. The van der Waals surface area contributed by atoms with Gasteiger partial charge in [-0.2, -0.15) is 18.4 Å². The largest absolute Gasteiger partial charge is 0.419 e. The van der Waals surface area contributed by atoms with E-state index in [0.29, 0.717) is 0 Å². The number of pyridine rings is 1. The fourth-order valence-corrected chi connectivity index (χ4v) is 1.19. The Hall–Kier alpha value is -2.31. The van der Waals surface area contributed by atoms with Gasteiger partial charge in [-0.15, -0.1) is 0 Å². The van der Waals surface area contributed by atoms with Crippen molar-refractivity contribution in [2.75, 3.05) is 0 Å². The molecule has 0 atom stereocenters. The first-order valence-electron chi connectivity index (χ1n) is 4.12. The van der Waals surface area contributed by atoms with Gasteiger partial charge in [0.1, 0.15) is 11.6 Å². The van der Waals surface area contributed by atoms with Crippen LogP contribution in [0.25, 0.3) is 0 Å². The fourth-order valence-electron chi connectivity index (χ4n) is 1.19. The van der Waals surface area contributed by atoms with Crippen LogP contribution in [0.15, 0.2) is 6.20 Å². The number of rotatable bonds is 2. The molecule has 0 amide bonds. The lowest BCUT2D eigenvalue weighted by molar-refractivity contribution is -0.387. The van der Waals surface area contributed by atoms with E-state index in [4.69, 9.17) is 5.26 Å². The van der Waals surface area contributed by atoms with Crippen LogP contribution in [-0.2, 0) is 6.18 Å². The topological polar surface area (TPSA) is 79.8 Å². The van der Waals surface area contributed by atoms with Crippen LogP contribution in [0.1, 0.15) is 23.2 Å². The molecule has 1 heterocycles. The predicted octanol–water partition coefficient (Wildman–Crippen LogP) is 2.82. The first-order valence-corrected chi connectivity index (χ1v) is 4.12. The molecule has 0 saturated carbocycles. The second kappa shape index (κ2) is 4.52. The number of nitro groups is 1. The van der Waals surface area contributed by atoms with Gasteiger partial charge in [-0.25, -0.2) is 13.8 Å². The summed E-state index contributed by atoms with van der Waals surface area (Å²) in [5.74, 6) is 0. The Morgan fingerprint density at radius 1 is 1.44 bits per heavy atom. The maximum atomic E-state index is 12.4. The van der Waals surface area contributed by atoms with E-state index in [1.54, 1.807) is 0 Å². The molecule has 0 unspecified atom stereocenters. The molecule has 0 radical (unpaired) electrons. The minimum absolute atomic E-state index is 0.0208. The molecule has 0 aliphatic carbocycles. The summed E-state index contributed by atoms with van der Waals surface area (Å²) in [6.07, 6.45) is -8.57. The molecule has 1 aromatic heterocycles. The molecule has 0 aliphatic rings. The van der Waals surface area contributed by atoms with Crippen molar-refractivity contribution >= 4 is 5.69 Å². The molecule has 0 aliphatic heterocycles. The van der Waals surface area contributed by atoms with Crippen LogP contribution in [0.5, 0.6) is 0 Å². The monoisotopic (exact) mass is 267 g/mol. The van der Waals surface area contributed by atoms with E-state index in [1.807, 2.05) is 0 Å². The third kappa shape index (κ3) is 2.34. The molecule has 18 heavy (non-hydrogen) atoms. The summed E-state index contributed by atoms with van der Waals surface area (Å²) in [7, 11) is 0. The molecule has 10 heteroatoms. The van der Waals surface area contributed by atoms with E-state index in [-0.39, 0.29) is 6.20 Å². The number of hydrogen-bond acceptors (Lipinski definition) is 4. The third-order valence-corrected chi connectivity index (χ3v) is 1.89. The van der Waals surface area contributed by atoms with E-state index >= 15 is 0 Å². The number of halogens is 5. The van der Waals surface area contributed by atoms with E-state index in [2.05, 4.69) is 4.98 Å². The Balaban J connectivity index is 3.71. The molecular formula is C8H2F5N3O2. The van der Waals surface area contributed by atoms with Crippen LogP contribution >= 0.6 is 0 Å². The lowest BCUT2D eigenvalue weighted by Gasteiger charge is -2.10. The fraction of sp³-hybridized carbons (Fsp3) is 0.250. The normalized spacial score (nSPS) is 11.4. The van der Waals surface area contributed by atoms with Crippen molar-refractivity contribution in [2.45, 2.75) is 12.6 Å². The molecule has 0 saturated heterocycles. The Morgan fingerprint density at radius 2 is 2.00 bits per heavy atom. The molecule has 0 aromatic carbocycles. The highest BCUT2D eigenvalue weighted by atomic mass is 19.4. The summed E-state index contributed by atoms with van der Waals surface area (Å²) in [4.78, 5) is 11.7. The van der Waals surface area contributed by atoms with Gasteiger partial charge in [-0.05, 0) is 0 Å². The quantitative estimate of drug-likeness (QED) is 0.468. The van der Waals surface area contributed by atoms with Crippen molar-refractivity contribution in [3.8, 4) is 6.07 Å². The summed E-state index contributed by atoms with van der Waals surface area (Å²) in [6.45, 7) is 0. The Kier molecular flexibility index (Phi) is 3.45. The number of nitrogens with zero attached hydrogens (tertiary/aromatic N) is 3. The summed E-state index contributed by atoms with van der Waals surface area (Å²) in [6, 6.07) is 0.912. The number of hydrogen-bond donors (Lipinski definition) is 0. The first kappa shape index (κ1) is 13.8. The van der Waals surface area contributed by atoms with Gasteiger partial charge < -0.3 is 0 Å². The van der Waals surface area contributed by atoms with Crippen LogP contribution < -0.4 is 0 Å². The number of alkyl halides is 5. The highest BCUT2D eigenvalue weighted by Crippen LogP contribution is 2.38. The predicted molar refractivity (Wildman–Crippen MR) is 45.6 cm³/mol. The second-order valence-corrected chi connectivity index (χ2v) is 2.95. The molecule has 5 nitrogen and oxygen atoms in total. The van der Waals surface area contributed by atoms with E-state index in [0.717, 1.165) is 6.07 Å².